The fraction of sp³-hybridized carbons (Fsp3) is 0.233. The molecule has 38 heavy (non-hydrogen) atoms. The van der Waals surface area contributed by atoms with Crippen molar-refractivity contribution in [2.75, 3.05) is 11.5 Å². The highest BCUT2D eigenvalue weighted by molar-refractivity contribution is 7.22. The maximum atomic E-state index is 13.5. The number of ketones is 1. The zero-order valence-corrected chi connectivity index (χ0v) is 22.7. The summed E-state index contributed by atoms with van der Waals surface area (Å²) in [5.41, 5.74) is 2.88. The van der Waals surface area contributed by atoms with Gasteiger partial charge in [-0.25, -0.2) is 4.98 Å². The molecule has 194 valence electrons. The minimum atomic E-state index is -0.860. The number of halogens is 1. The molecule has 1 fully saturated rings. The van der Waals surface area contributed by atoms with Crippen LogP contribution in [0.3, 0.4) is 0 Å². The Bertz CT molecular complexity index is 1530. The molecule has 1 unspecified atom stereocenters. The lowest BCUT2D eigenvalue weighted by molar-refractivity contribution is -0.132. The topological polar surface area (TPSA) is 79.7 Å². The Morgan fingerprint density at radius 3 is 2.50 bits per heavy atom. The molecule has 5 rings (SSSR count). The Morgan fingerprint density at radius 2 is 1.79 bits per heavy atom. The second kappa shape index (κ2) is 11.0. The van der Waals surface area contributed by atoms with Gasteiger partial charge in [-0.05, 0) is 73.0 Å². The number of ether oxygens (including phenoxy) is 1. The number of nitrogens with zero attached hydrogens (tertiary/aromatic N) is 2. The number of unbranched alkanes of at least 4 members (excludes halogenated alkanes) is 2. The summed E-state index contributed by atoms with van der Waals surface area (Å²) in [6.45, 7) is 4.75. The van der Waals surface area contributed by atoms with Gasteiger partial charge in [0.15, 0.2) is 5.13 Å². The number of aryl methyl sites for hydroxylation is 1. The van der Waals surface area contributed by atoms with E-state index < -0.39 is 17.7 Å². The van der Waals surface area contributed by atoms with Crippen LogP contribution in [-0.2, 0) is 9.59 Å². The van der Waals surface area contributed by atoms with E-state index in [1.807, 2.05) is 49.4 Å². The Morgan fingerprint density at radius 1 is 1.05 bits per heavy atom. The molecule has 1 saturated heterocycles. The largest absolute Gasteiger partial charge is 0.507 e. The quantitative estimate of drug-likeness (QED) is 0.107. The minimum absolute atomic E-state index is 0.00405. The number of rotatable bonds is 8. The van der Waals surface area contributed by atoms with Crippen molar-refractivity contribution in [3.8, 4) is 5.75 Å². The molecule has 1 N–H and O–H groups in total. The van der Waals surface area contributed by atoms with Gasteiger partial charge in [-0.1, -0.05) is 60.9 Å². The van der Waals surface area contributed by atoms with Crippen molar-refractivity contribution in [1.82, 2.24) is 4.98 Å². The number of hydrogen-bond acceptors (Lipinski definition) is 6. The highest BCUT2D eigenvalue weighted by atomic mass is 35.5. The van der Waals surface area contributed by atoms with Crippen LogP contribution in [0, 0.1) is 6.92 Å². The molecule has 6 nitrogen and oxygen atoms in total. The summed E-state index contributed by atoms with van der Waals surface area (Å²) in [4.78, 5) is 32.9. The number of aliphatic hydroxyl groups is 1. The summed E-state index contributed by atoms with van der Waals surface area (Å²) in [7, 11) is 0. The average molecular weight is 547 g/mol. The molecule has 0 saturated carbocycles. The smallest absolute Gasteiger partial charge is 0.301 e. The second-order valence-electron chi connectivity index (χ2n) is 9.27. The molecule has 8 heteroatoms. The maximum Gasteiger partial charge on any atom is 0.301 e. The standard InChI is InChI=1S/C30H27ClN2O4S/c1-3-4-5-16-37-22-13-9-19(10-14-22)26-25(27(34)20-7-11-21(31)12-8-20)28(35)29(36)33(26)30-32-23-15-6-18(2)17-24(23)38-30/h6-15,17,26,34H,3-5,16H2,1-2H3. The van der Waals surface area contributed by atoms with Crippen molar-refractivity contribution in [3.63, 3.8) is 0 Å². The van der Waals surface area contributed by atoms with E-state index >= 15 is 0 Å². The predicted molar refractivity (Wildman–Crippen MR) is 152 cm³/mol. The number of carbonyl (C=O) groups excluding carboxylic acids is 2. The van der Waals surface area contributed by atoms with Gasteiger partial charge in [0.25, 0.3) is 5.78 Å². The van der Waals surface area contributed by atoms with Crippen molar-refractivity contribution in [2.45, 2.75) is 39.2 Å². The first kappa shape index (κ1) is 25.9. The third-order valence-electron chi connectivity index (χ3n) is 6.51. The van der Waals surface area contributed by atoms with Gasteiger partial charge in [-0.15, -0.1) is 0 Å². The molecule has 1 aromatic heterocycles. The van der Waals surface area contributed by atoms with Crippen LogP contribution in [0.1, 0.15) is 48.9 Å². The highest BCUT2D eigenvalue weighted by Crippen LogP contribution is 2.44. The van der Waals surface area contributed by atoms with Gasteiger partial charge in [0.05, 0.1) is 28.4 Å². The zero-order valence-electron chi connectivity index (χ0n) is 21.1. The Hall–Kier alpha value is -3.68. The number of Topliss-reactive ketones (excluding diaryl/α,β-unsaturated/α-hetero) is 1. The van der Waals surface area contributed by atoms with E-state index in [2.05, 4.69) is 11.9 Å². The molecule has 1 aliphatic heterocycles. The van der Waals surface area contributed by atoms with Gasteiger partial charge in [0.2, 0.25) is 0 Å². The van der Waals surface area contributed by atoms with E-state index in [9.17, 15) is 14.7 Å². The molecular formula is C30H27ClN2O4S. The van der Waals surface area contributed by atoms with Gasteiger partial charge >= 0.3 is 5.91 Å². The van der Waals surface area contributed by atoms with Crippen molar-refractivity contribution < 1.29 is 19.4 Å². The SMILES string of the molecule is CCCCCOc1ccc(C2C(=C(O)c3ccc(Cl)cc3)C(=O)C(=O)N2c2nc3ccc(C)cc3s2)cc1. The van der Waals surface area contributed by atoms with Crippen molar-refractivity contribution in [2.24, 2.45) is 0 Å². The van der Waals surface area contributed by atoms with Crippen LogP contribution in [0.15, 0.2) is 72.3 Å². The molecule has 1 aliphatic rings. The summed E-state index contributed by atoms with van der Waals surface area (Å²) in [6, 6.07) is 18.8. The molecular weight excluding hydrogens is 520 g/mol. The summed E-state index contributed by atoms with van der Waals surface area (Å²) in [5, 5.41) is 12.2. The van der Waals surface area contributed by atoms with Gasteiger partial charge in [-0.2, -0.15) is 0 Å². The molecule has 1 atom stereocenters. The molecule has 2 heterocycles. The molecule has 4 aromatic rings. The molecule has 0 bridgehead atoms. The van der Waals surface area contributed by atoms with Crippen LogP contribution in [0.4, 0.5) is 5.13 Å². The second-order valence-corrected chi connectivity index (χ2v) is 10.7. The van der Waals surface area contributed by atoms with Crippen molar-refractivity contribution in [1.29, 1.82) is 0 Å². The number of amides is 1. The first-order valence-electron chi connectivity index (χ1n) is 12.5. The highest BCUT2D eigenvalue weighted by Gasteiger charge is 2.48. The summed E-state index contributed by atoms with van der Waals surface area (Å²) in [6.07, 6.45) is 3.18. The van der Waals surface area contributed by atoms with E-state index in [4.69, 9.17) is 16.3 Å². The molecule has 0 radical (unpaired) electrons. The summed E-state index contributed by atoms with van der Waals surface area (Å²) < 4.78 is 6.76. The molecule has 1 amide bonds. The van der Waals surface area contributed by atoms with Crippen LogP contribution >= 0.6 is 22.9 Å². The number of benzene rings is 3. The number of hydrogen-bond donors (Lipinski definition) is 1. The van der Waals surface area contributed by atoms with Gasteiger partial charge in [-0.3, -0.25) is 14.5 Å². The van der Waals surface area contributed by atoms with Gasteiger partial charge in [0, 0.05) is 10.6 Å². The van der Waals surface area contributed by atoms with Crippen LogP contribution in [-0.4, -0.2) is 28.4 Å². The van der Waals surface area contributed by atoms with E-state index in [1.54, 1.807) is 24.3 Å². The number of anilines is 1. The van der Waals surface area contributed by atoms with Crippen LogP contribution < -0.4 is 9.64 Å². The number of carbonyl (C=O) groups is 2. The third-order valence-corrected chi connectivity index (χ3v) is 7.78. The lowest BCUT2D eigenvalue weighted by atomic mass is 9.95. The van der Waals surface area contributed by atoms with Crippen molar-refractivity contribution in [3.05, 3.63) is 94.0 Å². The lowest BCUT2D eigenvalue weighted by Crippen LogP contribution is -2.29. The first-order chi connectivity index (χ1) is 18.4. The maximum absolute atomic E-state index is 13.5. The summed E-state index contributed by atoms with van der Waals surface area (Å²) >= 11 is 7.37. The third kappa shape index (κ3) is 5.04. The van der Waals surface area contributed by atoms with Crippen molar-refractivity contribution >= 4 is 55.7 Å². The lowest BCUT2D eigenvalue weighted by Gasteiger charge is -2.23. The number of fused-ring (bicyclic) bond motifs is 1. The molecule has 0 spiro atoms. The molecule has 0 aliphatic carbocycles. The van der Waals surface area contributed by atoms with Crippen LogP contribution in [0.25, 0.3) is 16.0 Å². The van der Waals surface area contributed by atoms with Crippen LogP contribution in [0.2, 0.25) is 5.02 Å². The van der Waals surface area contributed by atoms with Gasteiger partial charge in [0.1, 0.15) is 11.5 Å². The minimum Gasteiger partial charge on any atom is -0.507 e. The van der Waals surface area contributed by atoms with E-state index in [1.165, 1.54) is 16.2 Å². The van der Waals surface area contributed by atoms with Gasteiger partial charge < -0.3 is 9.84 Å². The normalized spacial score (nSPS) is 16.9. The first-order valence-corrected chi connectivity index (χ1v) is 13.7. The fourth-order valence-corrected chi connectivity index (χ4v) is 5.74. The number of aliphatic hydroxyl groups excluding tert-OH is 1. The fourth-order valence-electron chi connectivity index (χ4n) is 4.52. The average Bonchev–Trinajstić information content (AvgIpc) is 3.44. The monoisotopic (exact) mass is 546 g/mol. The molecule has 3 aromatic carbocycles. The van der Waals surface area contributed by atoms with E-state index in [-0.39, 0.29) is 11.3 Å². The Balaban J connectivity index is 1.60. The Kier molecular flexibility index (Phi) is 7.49. The predicted octanol–water partition coefficient (Wildman–Crippen LogP) is 7.45. The zero-order chi connectivity index (χ0) is 26.8. The number of aromatic nitrogens is 1. The van der Waals surface area contributed by atoms with E-state index in [0.717, 1.165) is 35.0 Å². The van der Waals surface area contributed by atoms with Crippen LogP contribution in [0.5, 0.6) is 5.75 Å². The summed E-state index contributed by atoms with van der Waals surface area (Å²) in [5.74, 6) is -1.06. The number of thiazole rings is 1. The Labute approximate surface area is 230 Å². The van der Waals surface area contributed by atoms with E-state index in [0.29, 0.717) is 33.6 Å².